The average Bonchev–Trinajstić information content (AvgIpc) is 3.37. The number of nitrogens with one attached hydrogen (secondary N) is 1. The number of halogens is 3. The van der Waals surface area contributed by atoms with Gasteiger partial charge in [0.05, 0.1) is 39.9 Å². The van der Waals surface area contributed by atoms with Crippen molar-refractivity contribution < 1.29 is 45.4 Å². The van der Waals surface area contributed by atoms with Crippen LogP contribution in [0.4, 0.5) is 13.2 Å². The maximum absolute atomic E-state index is 13.6. The SMILES string of the molecule is Cc1ccc(-c2cc(C(F)(F)F)nn2-c2ccc(S(=O)(=O)NC(=O)C3CCN(n4on4OCN4C(=O)c5ccccc5C4=O)C3)cc2)cc1. The molecule has 1 fully saturated rings. The largest absolute Gasteiger partial charge is 0.435 e. The minimum Gasteiger partial charge on any atom is -0.343 e. The number of hydrogen-bond acceptors (Lipinski definition) is 9. The van der Waals surface area contributed by atoms with Gasteiger partial charge in [-0.3, -0.25) is 19.4 Å². The average molecular weight is 698 g/mol. The predicted octanol–water partition coefficient (Wildman–Crippen LogP) is 3.21. The molecule has 1 atom stereocenters. The molecule has 5 aromatic rings. The number of amides is 3. The molecule has 4 heterocycles. The second-order valence-electron chi connectivity index (χ2n) is 11.5. The Morgan fingerprint density at radius 1 is 1.00 bits per heavy atom. The lowest BCUT2D eigenvalue weighted by molar-refractivity contribution is -0.141. The Morgan fingerprint density at radius 2 is 1.65 bits per heavy atom. The van der Waals surface area contributed by atoms with E-state index in [9.17, 15) is 36.0 Å². The molecule has 0 saturated carbocycles. The van der Waals surface area contributed by atoms with Crippen LogP contribution >= 0.6 is 0 Å². The second kappa shape index (κ2) is 11.7. The predicted molar refractivity (Wildman–Crippen MR) is 163 cm³/mol. The third-order valence-corrected chi connectivity index (χ3v) is 9.55. The summed E-state index contributed by atoms with van der Waals surface area (Å²) in [5.41, 5.74) is 1.16. The molecule has 7 rings (SSSR count). The minimum absolute atomic E-state index is 0.0653. The van der Waals surface area contributed by atoms with Gasteiger partial charge in [-0.2, -0.15) is 22.9 Å². The summed E-state index contributed by atoms with van der Waals surface area (Å²) in [7, 11) is -4.34. The van der Waals surface area contributed by atoms with Crippen molar-refractivity contribution in [3.05, 3.63) is 101 Å². The number of alkyl halides is 3. The Morgan fingerprint density at radius 3 is 2.29 bits per heavy atom. The highest BCUT2D eigenvalue weighted by Crippen LogP contribution is 2.33. The highest BCUT2D eigenvalue weighted by Gasteiger charge is 2.39. The van der Waals surface area contributed by atoms with E-state index in [1.165, 1.54) is 29.2 Å². The molecule has 0 radical (unpaired) electrons. The van der Waals surface area contributed by atoms with Crippen LogP contribution in [0.3, 0.4) is 0 Å². The first-order valence-corrected chi connectivity index (χ1v) is 16.3. The van der Waals surface area contributed by atoms with E-state index >= 15 is 0 Å². The molecule has 1 N–H and O–H groups in total. The van der Waals surface area contributed by atoms with Crippen molar-refractivity contribution in [2.24, 2.45) is 5.92 Å². The van der Waals surface area contributed by atoms with Crippen LogP contribution in [0.1, 0.15) is 38.4 Å². The number of carbonyl (C=O) groups is 3. The fourth-order valence-corrected chi connectivity index (χ4v) is 6.58. The first-order valence-electron chi connectivity index (χ1n) is 14.8. The molecule has 49 heavy (non-hydrogen) atoms. The van der Waals surface area contributed by atoms with Crippen LogP contribution < -0.4 is 14.6 Å². The molecule has 0 aliphatic carbocycles. The number of aryl methyl sites for hydroxylation is 1. The van der Waals surface area contributed by atoms with Crippen molar-refractivity contribution >= 4 is 27.7 Å². The van der Waals surface area contributed by atoms with E-state index < -0.39 is 52.3 Å². The maximum Gasteiger partial charge on any atom is 0.435 e. The molecule has 0 bridgehead atoms. The number of aromatic nitrogens is 4. The van der Waals surface area contributed by atoms with Crippen molar-refractivity contribution in [3.8, 4) is 16.9 Å². The second-order valence-corrected chi connectivity index (χ2v) is 13.1. The standard InChI is InChI=1S/C31H26F3N7O7S/c1-19-6-8-20(9-7-19)26-16-27(31(32,33)34)35-39(26)22-10-12-23(13-11-22)49(45,46)36-28(42)21-14-15-37(17-21)40-41(48-40)47-18-38-29(43)24-4-2-3-5-25(24)30(38)44/h2-13,16,21H,14-15,17-18H2,1H3,(H,36,42). The summed E-state index contributed by atoms with van der Waals surface area (Å²) < 4.78 is 75.2. The number of fused-ring (bicyclic) bond motifs is 1. The molecule has 3 amide bonds. The van der Waals surface area contributed by atoms with E-state index in [-0.39, 0.29) is 40.4 Å². The van der Waals surface area contributed by atoms with Crippen LogP contribution in [0.5, 0.6) is 0 Å². The first kappa shape index (κ1) is 31.8. The fraction of sp³-hybridized carbons (Fsp3) is 0.226. The summed E-state index contributed by atoms with van der Waals surface area (Å²) in [6, 6.07) is 19.1. The molecule has 1 unspecified atom stereocenters. The van der Waals surface area contributed by atoms with Crippen molar-refractivity contribution in [1.82, 2.24) is 29.4 Å². The minimum atomic E-state index is -4.70. The molecular formula is C31H26F3N7O7S. The van der Waals surface area contributed by atoms with Crippen molar-refractivity contribution in [2.45, 2.75) is 24.4 Å². The van der Waals surface area contributed by atoms with E-state index in [0.717, 1.165) is 26.2 Å². The number of hydrogen-bond donors (Lipinski definition) is 1. The molecule has 18 heteroatoms. The van der Waals surface area contributed by atoms with Gasteiger partial charge in [0, 0.05) is 17.1 Å². The maximum atomic E-state index is 13.6. The van der Waals surface area contributed by atoms with Crippen LogP contribution in [0.2, 0.25) is 0 Å². The van der Waals surface area contributed by atoms with Crippen LogP contribution in [0, 0.1) is 12.8 Å². The third-order valence-electron chi connectivity index (χ3n) is 8.19. The quantitative estimate of drug-likeness (QED) is 0.229. The lowest BCUT2D eigenvalue weighted by Gasteiger charge is -2.13. The zero-order chi connectivity index (χ0) is 34.7. The Hall–Kier alpha value is -5.78. The molecular weight excluding hydrogens is 671 g/mol. The van der Waals surface area contributed by atoms with Gasteiger partial charge in [0.25, 0.3) is 21.8 Å². The lowest BCUT2D eigenvalue weighted by Crippen LogP contribution is -2.39. The van der Waals surface area contributed by atoms with E-state index in [4.69, 9.17) is 9.47 Å². The van der Waals surface area contributed by atoms with E-state index in [1.807, 2.05) is 6.92 Å². The van der Waals surface area contributed by atoms with Gasteiger partial charge < -0.3 is 4.84 Å². The van der Waals surface area contributed by atoms with Gasteiger partial charge in [-0.15, -0.1) is 0 Å². The monoisotopic (exact) mass is 697 g/mol. The molecule has 1 saturated heterocycles. The van der Waals surface area contributed by atoms with Crippen molar-refractivity contribution in [2.75, 3.05) is 24.8 Å². The Bertz CT molecular complexity index is 2150. The molecule has 2 aliphatic heterocycles. The van der Waals surface area contributed by atoms with E-state index in [2.05, 4.69) is 9.82 Å². The topological polar surface area (TPSA) is 154 Å². The van der Waals surface area contributed by atoms with Gasteiger partial charge in [-0.1, -0.05) is 42.0 Å². The molecule has 3 aromatic carbocycles. The van der Waals surface area contributed by atoms with Gasteiger partial charge >= 0.3 is 6.18 Å². The normalized spacial score (nSPS) is 16.4. The van der Waals surface area contributed by atoms with E-state index in [1.54, 1.807) is 53.5 Å². The fourth-order valence-electron chi connectivity index (χ4n) is 5.54. The summed E-state index contributed by atoms with van der Waals surface area (Å²) >= 11 is 0. The van der Waals surface area contributed by atoms with Gasteiger partial charge in [0.15, 0.2) is 5.69 Å². The number of benzene rings is 3. The Balaban J connectivity index is 0.976. The van der Waals surface area contributed by atoms with Crippen molar-refractivity contribution in [1.29, 1.82) is 0 Å². The summed E-state index contributed by atoms with van der Waals surface area (Å²) in [5.74, 6) is -2.53. The smallest absolute Gasteiger partial charge is 0.343 e. The highest BCUT2D eigenvalue weighted by molar-refractivity contribution is 7.90. The number of nitrogens with zero attached hydrogens (tertiary/aromatic N) is 6. The summed E-state index contributed by atoms with van der Waals surface area (Å²) in [6.07, 6.45) is -4.43. The van der Waals surface area contributed by atoms with E-state index in [0.29, 0.717) is 12.1 Å². The van der Waals surface area contributed by atoms with Crippen molar-refractivity contribution in [3.63, 3.8) is 0 Å². The van der Waals surface area contributed by atoms with Crippen LogP contribution in [0.25, 0.3) is 16.9 Å². The molecule has 2 aromatic heterocycles. The van der Waals surface area contributed by atoms with Gasteiger partial charge in [0.1, 0.15) is 5.02 Å². The van der Waals surface area contributed by atoms with Crippen LogP contribution in [-0.2, 0) is 21.0 Å². The number of carbonyl (C=O) groups excluding carboxylic acids is 3. The number of imide groups is 1. The van der Waals surface area contributed by atoms with Gasteiger partial charge in [-0.05, 0) is 55.8 Å². The number of rotatable bonds is 9. The molecule has 2 aliphatic rings. The lowest BCUT2D eigenvalue weighted by atomic mass is 10.1. The number of sulfonamides is 1. The highest BCUT2D eigenvalue weighted by atomic mass is 32.2. The molecule has 14 nitrogen and oxygen atoms in total. The van der Waals surface area contributed by atoms with Crippen LogP contribution in [0.15, 0.2) is 88.4 Å². The zero-order valence-corrected chi connectivity index (χ0v) is 26.3. The zero-order valence-electron chi connectivity index (χ0n) is 25.5. The van der Waals surface area contributed by atoms with Gasteiger partial charge in [-0.25, -0.2) is 22.7 Å². The van der Waals surface area contributed by atoms with Gasteiger partial charge in [0.2, 0.25) is 12.6 Å². The first-order chi connectivity index (χ1) is 23.3. The Kier molecular flexibility index (Phi) is 7.61. The molecule has 254 valence electrons. The summed E-state index contributed by atoms with van der Waals surface area (Å²) in [6.45, 7) is 1.79. The Labute approximate surface area is 275 Å². The third kappa shape index (κ3) is 6.05. The summed E-state index contributed by atoms with van der Waals surface area (Å²) in [5, 5.41) is 6.22. The van der Waals surface area contributed by atoms with Crippen LogP contribution in [-0.4, -0.2) is 70.6 Å². The summed E-state index contributed by atoms with van der Waals surface area (Å²) in [4.78, 5) is 45.2. The molecule has 0 spiro atoms.